The fraction of sp³-hybridized carbons (Fsp3) is 0.333. The maximum atomic E-state index is 9.74. The van der Waals surface area contributed by atoms with Gasteiger partial charge < -0.3 is 10.2 Å². The Bertz CT molecular complexity index is 489. The van der Waals surface area contributed by atoms with E-state index in [1.54, 1.807) is 23.5 Å². The summed E-state index contributed by atoms with van der Waals surface area (Å²) in [6, 6.07) is 11.4. The van der Waals surface area contributed by atoms with Gasteiger partial charge in [-0.3, -0.25) is 0 Å². The van der Waals surface area contributed by atoms with E-state index in [2.05, 4.69) is 6.07 Å². The first-order valence-corrected chi connectivity index (χ1v) is 7.46. The van der Waals surface area contributed by atoms with Crippen LogP contribution in [-0.4, -0.2) is 23.4 Å². The van der Waals surface area contributed by atoms with Gasteiger partial charge in [-0.15, -0.1) is 11.3 Å². The van der Waals surface area contributed by atoms with Crippen LogP contribution in [0.5, 0.6) is 0 Å². The zero-order valence-corrected chi connectivity index (χ0v) is 12.1. The van der Waals surface area contributed by atoms with Gasteiger partial charge in [0.05, 0.1) is 13.2 Å². The number of benzene rings is 1. The van der Waals surface area contributed by atoms with Gasteiger partial charge >= 0.3 is 0 Å². The summed E-state index contributed by atoms with van der Waals surface area (Å²) in [5.74, 6) is 0. The molecule has 0 aliphatic carbocycles. The second kappa shape index (κ2) is 6.53. The SMILES string of the molecule is OCC(CO)(CCc1cccs1)c1ccc(Cl)cc1. The van der Waals surface area contributed by atoms with E-state index >= 15 is 0 Å². The number of hydrogen-bond donors (Lipinski definition) is 2. The van der Waals surface area contributed by atoms with Crippen LogP contribution in [0.25, 0.3) is 0 Å². The summed E-state index contributed by atoms with van der Waals surface area (Å²) in [4.78, 5) is 1.26. The Balaban J connectivity index is 2.19. The molecule has 1 aromatic carbocycles. The molecule has 0 radical (unpaired) electrons. The van der Waals surface area contributed by atoms with Gasteiger partial charge in [0.15, 0.2) is 0 Å². The van der Waals surface area contributed by atoms with Crippen molar-refractivity contribution in [3.63, 3.8) is 0 Å². The topological polar surface area (TPSA) is 40.5 Å². The molecule has 0 unspecified atom stereocenters. The van der Waals surface area contributed by atoms with E-state index < -0.39 is 5.41 Å². The highest BCUT2D eigenvalue weighted by atomic mass is 35.5. The molecule has 0 atom stereocenters. The molecular formula is C15H17ClO2S. The van der Waals surface area contributed by atoms with Gasteiger partial charge in [-0.2, -0.15) is 0 Å². The van der Waals surface area contributed by atoms with Crippen molar-refractivity contribution in [2.75, 3.05) is 13.2 Å². The van der Waals surface area contributed by atoms with Crippen molar-refractivity contribution < 1.29 is 10.2 Å². The van der Waals surface area contributed by atoms with Crippen molar-refractivity contribution in [3.05, 3.63) is 57.2 Å². The molecular weight excluding hydrogens is 280 g/mol. The number of halogens is 1. The predicted octanol–water partition coefficient (Wildman–Crippen LogP) is 3.26. The fourth-order valence-electron chi connectivity index (χ4n) is 2.16. The van der Waals surface area contributed by atoms with E-state index in [-0.39, 0.29) is 13.2 Å². The van der Waals surface area contributed by atoms with E-state index in [1.165, 1.54) is 4.88 Å². The summed E-state index contributed by atoms with van der Waals surface area (Å²) < 4.78 is 0. The Morgan fingerprint density at radius 1 is 1.05 bits per heavy atom. The van der Waals surface area contributed by atoms with Crippen LogP contribution in [0.2, 0.25) is 5.02 Å². The lowest BCUT2D eigenvalue weighted by atomic mass is 9.78. The Hall–Kier alpha value is -0.870. The minimum absolute atomic E-state index is 0.0729. The standard InChI is InChI=1S/C15H17ClO2S/c16-13-5-3-12(4-6-13)15(10-17,11-18)8-7-14-2-1-9-19-14/h1-6,9,17-18H,7-8,10-11H2. The van der Waals surface area contributed by atoms with Gasteiger partial charge in [0.25, 0.3) is 0 Å². The Labute approximate surface area is 122 Å². The van der Waals surface area contributed by atoms with Gasteiger partial charge in [0, 0.05) is 15.3 Å². The summed E-state index contributed by atoms with van der Waals surface area (Å²) in [5.41, 5.74) is 0.327. The molecule has 0 aliphatic heterocycles. The van der Waals surface area contributed by atoms with E-state index in [0.717, 1.165) is 12.0 Å². The highest BCUT2D eigenvalue weighted by molar-refractivity contribution is 7.09. The maximum absolute atomic E-state index is 9.74. The van der Waals surface area contributed by atoms with Crippen LogP contribution < -0.4 is 0 Å². The third kappa shape index (κ3) is 3.37. The summed E-state index contributed by atoms with van der Waals surface area (Å²) in [5, 5.41) is 22.2. The minimum atomic E-state index is -0.603. The lowest BCUT2D eigenvalue weighted by Gasteiger charge is -2.30. The van der Waals surface area contributed by atoms with Crippen LogP contribution >= 0.6 is 22.9 Å². The van der Waals surface area contributed by atoms with Crippen molar-refractivity contribution in [1.29, 1.82) is 0 Å². The molecule has 0 saturated carbocycles. The van der Waals surface area contributed by atoms with Gasteiger partial charge in [-0.25, -0.2) is 0 Å². The van der Waals surface area contributed by atoms with Gasteiger partial charge in [-0.05, 0) is 42.0 Å². The lowest BCUT2D eigenvalue weighted by molar-refractivity contribution is 0.110. The third-order valence-electron chi connectivity index (χ3n) is 3.49. The largest absolute Gasteiger partial charge is 0.395 e. The molecule has 0 amide bonds. The van der Waals surface area contributed by atoms with Gasteiger partial charge in [0.1, 0.15) is 0 Å². The molecule has 1 aromatic heterocycles. The van der Waals surface area contributed by atoms with Crippen LogP contribution in [0.4, 0.5) is 0 Å². The van der Waals surface area contributed by atoms with Crippen molar-refractivity contribution in [3.8, 4) is 0 Å². The highest BCUT2D eigenvalue weighted by Crippen LogP contribution is 2.30. The van der Waals surface area contributed by atoms with E-state index in [1.807, 2.05) is 23.6 Å². The zero-order chi connectivity index (χ0) is 13.7. The molecule has 2 rings (SSSR count). The molecule has 4 heteroatoms. The first kappa shape index (κ1) is 14.5. The molecule has 2 N–H and O–H groups in total. The highest BCUT2D eigenvalue weighted by Gasteiger charge is 2.30. The summed E-state index contributed by atoms with van der Waals surface area (Å²) in [6.45, 7) is -0.146. The van der Waals surface area contributed by atoms with Crippen molar-refractivity contribution in [2.24, 2.45) is 0 Å². The first-order chi connectivity index (χ1) is 9.20. The van der Waals surface area contributed by atoms with E-state index in [9.17, 15) is 10.2 Å². The molecule has 0 bridgehead atoms. The molecule has 0 saturated heterocycles. The Kier molecular flexibility index (Phi) is 4.99. The summed E-state index contributed by atoms with van der Waals surface area (Å²) in [6.07, 6.45) is 1.56. The summed E-state index contributed by atoms with van der Waals surface area (Å²) >= 11 is 7.58. The van der Waals surface area contributed by atoms with Crippen LogP contribution in [0.1, 0.15) is 16.9 Å². The molecule has 19 heavy (non-hydrogen) atoms. The number of rotatable bonds is 6. The number of thiophene rings is 1. The molecule has 1 heterocycles. The lowest BCUT2D eigenvalue weighted by Crippen LogP contribution is -2.35. The molecule has 2 aromatic rings. The number of hydrogen-bond acceptors (Lipinski definition) is 3. The monoisotopic (exact) mass is 296 g/mol. The van der Waals surface area contributed by atoms with Crippen LogP contribution in [0.15, 0.2) is 41.8 Å². The third-order valence-corrected chi connectivity index (χ3v) is 4.68. The minimum Gasteiger partial charge on any atom is -0.395 e. The average molecular weight is 297 g/mol. The van der Waals surface area contributed by atoms with E-state index in [0.29, 0.717) is 11.4 Å². The zero-order valence-electron chi connectivity index (χ0n) is 10.6. The second-order valence-electron chi connectivity index (χ2n) is 4.68. The Morgan fingerprint density at radius 3 is 2.26 bits per heavy atom. The molecule has 102 valence electrons. The molecule has 0 spiro atoms. The van der Waals surface area contributed by atoms with Gasteiger partial charge in [-0.1, -0.05) is 29.8 Å². The molecule has 0 aliphatic rings. The normalized spacial score (nSPS) is 11.7. The predicted molar refractivity (Wildman–Crippen MR) is 79.9 cm³/mol. The Morgan fingerprint density at radius 2 is 1.74 bits per heavy atom. The number of aliphatic hydroxyl groups excluding tert-OH is 2. The van der Waals surface area contributed by atoms with Crippen LogP contribution in [0, 0.1) is 0 Å². The van der Waals surface area contributed by atoms with Crippen LogP contribution in [0.3, 0.4) is 0 Å². The van der Waals surface area contributed by atoms with Crippen molar-refractivity contribution in [2.45, 2.75) is 18.3 Å². The number of aryl methyl sites for hydroxylation is 1. The quantitative estimate of drug-likeness (QED) is 0.859. The molecule has 2 nitrogen and oxygen atoms in total. The summed E-state index contributed by atoms with van der Waals surface area (Å²) in [7, 11) is 0. The van der Waals surface area contributed by atoms with Crippen molar-refractivity contribution >= 4 is 22.9 Å². The smallest absolute Gasteiger partial charge is 0.0550 e. The molecule has 0 fully saturated rings. The van der Waals surface area contributed by atoms with Gasteiger partial charge in [0.2, 0.25) is 0 Å². The van der Waals surface area contributed by atoms with Crippen molar-refractivity contribution in [1.82, 2.24) is 0 Å². The van der Waals surface area contributed by atoms with Crippen LogP contribution in [-0.2, 0) is 11.8 Å². The maximum Gasteiger partial charge on any atom is 0.0550 e. The second-order valence-corrected chi connectivity index (χ2v) is 6.15. The number of aliphatic hydroxyl groups is 2. The average Bonchev–Trinajstić information content (AvgIpc) is 2.95. The fourth-order valence-corrected chi connectivity index (χ4v) is 2.99. The first-order valence-electron chi connectivity index (χ1n) is 6.20. The van der Waals surface area contributed by atoms with E-state index in [4.69, 9.17) is 11.6 Å².